The van der Waals surface area contributed by atoms with Gasteiger partial charge in [-0.15, -0.1) is 0 Å². The maximum atomic E-state index is 11.0. The first kappa shape index (κ1) is 15.0. The summed E-state index contributed by atoms with van der Waals surface area (Å²) >= 11 is 0. The second-order valence-corrected chi connectivity index (χ2v) is 4.56. The summed E-state index contributed by atoms with van der Waals surface area (Å²) in [7, 11) is 0. The second kappa shape index (κ2) is 6.22. The zero-order valence-corrected chi connectivity index (χ0v) is 11.6. The van der Waals surface area contributed by atoms with Crippen molar-refractivity contribution in [3.63, 3.8) is 0 Å². The largest absolute Gasteiger partial charge is 0.490 e. The molecule has 19 heavy (non-hydrogen) atoms. The number of hydrogen-bond acceptors (Lipinski definition) is 3. The number of rotatable bonds is 5. The van der Waals surface area contributed by atoms with E-state index in [9.17, 15) is 9.59 Å². The number of nitrogens with one attached hydrogen (secondary N) is 1. The van der Waals surface area contributed by atoms with Crippen molar-refractivity contribution in [3.8, 4) is 5.75 Å². The topological polar surface area (TPSA) is 75.6 Å². The molecule has 1 aromatic carbocycles. The first-order valence-corrected chi connectivity index (χ1v) is 6.02. The average Bonchev–Trinajstić information content (AvgIpc) is 2.32. The summed E-state index contributed by atoms with van der Waals surface area (Å²) in [6, 6.07) is 2.86. The van der Waals surface area contributed by atoms with Crippen LogP contribution in [0.5, 0.6) is 5.75 Å². The lowest BCUT2D eigenvalue weighted by Crippen LogP contribution is -2.43. The van der Waals surface area contributed by atoms with Gasteiger partial charge in [0.2, 0.25) is 5.91 Å². The van der Waals surface area contributed by atoms with Crippen molar-refractivity contribution < 1.29 is 19.4 Å². The molecular formula is C14H19NO4. The van der Waals surface area contributed by atoms with Gasteiger partial charge in [-0.3, -0.25) is 4.79 Å². The van der Waals surface area contributed by atoms with Crippen molar-refractivity contribution in [2.24, 2.45) is 0 Å². The summed E-state index contributed by atoms with van der Waals surface area (Å²) < 4.78 is 5.58. The van der Waals surface area contributed by atoms with Crippen molar-refractivity contribution >= 4 is 11.9 Å². The zero-order chi connectivity index (χ0) is 14.6. The van der Waals surface area contributed by atoms with E-state index in [0.717, 1.165) is 16.7 Å². The third-order valence-electron chi connectivity index (χ3n) is 2.94. The summed E-state index contributed by atoms with van der Waals surface area (Å²) in [5.41, 5.74) is 2.99. The van der Waals surface area contributed by atoms with Gasteiger partial charge in [0.05, 0.1) is 0 Å². The molecule has 0 aliphatic rings. The number of amides is 1. The summed E-state index contributed by atoms with van der Waals surface area (Å²) in [5.74, 6) is -0.830. The molecule has 1 aromatic rings. The van der Waals surface area contributed by atoms with Crippen LogP contribution in [0.4, 0.5) is 0 Å². The highest BCUT2D eigenvalue weighted by Crippen LogP contribution is 2.25. The fraction of sp³-hybridized carbons (Fsp3) is 0.429. The van der Waals surface area contributed by atoms with Crippen LogP contribution in [0.15, 0.2) is 12.1 Å². The van der Waals surface area contributed by atoms with E-state index in [1.54, 1.807) is 0 Å². The molecule has 1 unspecified atom stereocenters. The zero-order valence-electron chi connectivity index (χ0n) is 11.6. The van der Waals surface area contributed by atoms with Gasteiger partial charge in [0.25, 0.3) is 0 Å². The number of aliphatic carboxylic acids is 1. The van der Waals surface area contributed by atoms with Crippen LogP contribution >= 0.6 is 0 Å². The predicted molar refractivity (Wildman–Crippen MR) is 71.4 cm³/mol. The summed E-state index contributed by atoms with van der Waals surface area (Å²) in [4.78, 5) is 21.9. The summed E-state index contributed by atoms with van der Waals surface area (Å²) in [5, 5.41) is 11.3. The van der Waals surface area contributed by atoms with E-state index in [1.807, 2.05) is 32.9 Å². The van der Waals surface area contributed by atoms with Gasteiger partial charge in [0.15, 0.2) is 6.04 Å². The van der Waals surface area contributed by atoms with E-state index in [-0.39, 0.29) is 6.61 Å². The highest BCUT2D eigenvalue weighted by Gasteiger charge is 2.20. The minimum Gasteiger partial charge on any atom is -0.490 e. The van der Waals surface area contributed by atoms with Crippen LogP contribution in [0.3, 0.4) is 0 Å². The second-order valence-electron chi connectivity index (χ2n) is 4.56. The summed E-state index contributed by atoms with van der Waals surface area (Å²) in [6.07, 6.45) is 0. The van der Waals surface area contributed by atoms with Gasteiger partial charge < -0.3 is 15.2 Å². The Bertz CT molecular complexity index is 496. The molecule has 0 fully saturated rings. The monoisotopic (exact) mass is 265 g/mol. The van der Waals surface area contributed by atoms with Crippen molar-refractivity contribution in [1.82, 2.24) is 5.32 Å². The van der Waals surface area contributed by atoms with Crippen molar-refractivity contribution in [3.05, 3.63) is 28.8 Å². The van der Waals surface area contributed by atoms with Crippen LogP contribution < -0.4 is 10.1 Å². The maximum absolute atomic E-state index is 11.0. The Morgan fingerprint density at radius 1 is 1.26 bits per heavy atom. The molecule has 0 radical (unpaired) electrons. The van der Waals surface area contributed by atoms with Crippen molar-refractivity contribution in [2.75, 3.05) is 6.61 Å². The predicted octanol–water partition coefficient (Wildman–Crippen LogP) is 1.58. The Labute approximate surface area is 112 Å². The van der Waals surface area contributed by atoms with E-state index >= 15 is 0 Å². The molecule has 0 saturated carbocycles. The lowest BCUT2D eigenvalue weighted by atomic mass is 10.1. The first-order chi connectivity index (χ1) is 8.82. The molecule has 0 aliphatic carbocycles. The fourth-order valence-corrected chi connectivity index (χ4v) is 1.73. The third kappa shape index (κ3) is 3.98. The molecule has 1 rings (SSSR count). The third-order valence-corrected chi connectivity index (χ3v) is 2.94. The van der Waals surface area contributed by atoms with E-state index in [2.05, 4.69) is 5.32 Å². The van der Waals surface area contributed by atoms with Gasteiger partial charge in [-0.25, -0.2) is 4.79 Å². The highest BCUT2D eigenvalue weighted by atomic mass is 16.5. The molecule has 0 heterocycles. The molecule has 1 atom stereocenters. The number of ether oxygens (including phenoxy) is 1. The number of carboxylic acids is 1. The van der Waals surface area contributed by atoms with E-state index in [0.29, 0.717) is 5.75 Å². The van der Waals surface area contributed by atoms with Crippen LogP contribution in [0.2, 0.25) is 0 Å². The fourth-order valence-electron chi connectivity index (χ4n) is 1.73. The van der Waals surface area contributed by atoms with Gasteiger partial charge in [0, 0.05) is 6.92 Å². The quantitative estimate of drug-likeness (QED) is 0.847. The molecule has 2 N–H and O–H groups in total. The average molecular weight is 265 g/mol. The van der Waals surface area contributed by atoms with E-state index < -0.39 is 17.9 Å². The molecule has 0 aliphatic heterocycles. The molecule has 0 bridgehead atoms. The number of carbonyl (C=O) groups excluding carboxylic acids is 1. The van der Waals surface area contributed by atoms with Gasteiger partial charge in [-0.1, -0.05) is 12.1 Å². The van der Waals surface area contributed by atoms with Crippen LogP contribution in [0, 0.1) is 20.8 Å². The standard InChI is InChI=1S/C14H19NO4/c1-8-5-6-9(2)13(10(8)3)19-7-12(14(17)18)15-11(4)16/h5-6,12H,7H2,1-4H3,(H,15,16)(H,17,18). The SMILES string of the molecule is CC(=O)NC(COc1c(C)ccc(C)c1C)C(=O)O. The number of benzene rings is 1. The highest BCUT2D eigenvalue weighted by molar-refractivity contribution is 5.82. The normalized spacial score (nSPS) is 11.8. The Kier molecular flexibility index (Phi) is 4.92. The number of carbonyl (C=O) groups is 2. The van der Waals surface area contributed by atoms with Crippen molar-refractivity contribution in [1.29, 1.82) is 0 Å². The summed E-state index contributed by atoms with van der Waals surface area (Å²) in [6.45, 7) is 6.96. The van der Waals surface area contributed by atoms with E-state index in [1.165, 1.54) is 6.92 Å². The molecule has 104 valence electrons. The molecular weight excluding hydrogens is 246 g/mol. The molecule has 1 amide bonds. The molecule has 0 saturated heterocycles. The Balaban J connectivity index is 2.82. The minimum absolute atomic E-state index is 0.0972. The van der Waals surface area contributed by atoms with Crippen molar-refractivity contribution in [2.45, 2.75) is 33.7 Å². The van der Waals surface area contributed by atoms with Gasteiger partial charge in [-0.2, -0.15) is 0 Å². The lowest BCUT2D eigenvalue weighted by molar-refractivity contribution is -0.142. The Hall–Kier alpha value is -2.04. The van der Waals surface area contributed by atoms with Crippen LogP contribution in [-0.2, 0) is 9.59 Å². The van der Waals surface area contributed by atoms with Gasteiger partial charge in [-0.05, 0) is 37.5 Å². The number of carboxylic acid groups (broad SMARTS) is 1. The molecule has 5 heteroatoms. The van der Waals surface area contributed by atoms with Crippen LogP contribution in [0.1, 0.15) is 23.6 Å². The number of hydrogen-bond donors (Lipinski definition) is 2. The smallest absolute Gasteiger partial charge is 0.329 e. The molecule has 0 spiro atoms. The first-order valence-electron chi connectivity index (χ1n) is 6.02. The molecule has 0 aromatic heterocycles. The lowest BCUT2D eigenvalue weighted by Gasteiger charge is -2.18. The minimum atomic E-state index is -1.11. The Morgan fingerprint density at radius 2 is 1.84 bits per heavy atom. The molecule has 5 nitrogen and oxygen atoms in total. The van der Waals surface area contributed by atoms with E-state index in [4.69, 9.17) is 9.84 Å². The van der Waals surface area contributed by atoms with Gasteiger partial charge >= 0.3 is 5.97 Å². The number of aryl methyl sites for hydroxylation is 2. The van der Waals surface area contributed by atoms with Crippen LogP contribution in [0.25, 0.3) is 0 Å². The Morgan fingerprint density at radius 3 is 2.37 bits per heavy atom. The van der Waals surface area contributed by atoms with Gasteiger partial charge in [0.1, 0.15) is 12.4 Å². The maximum Gasteiger partial charge on any atom is 0.329 e. The van der Waals surface area contributed by atoms with Crippen LogP contribution in [-0.4, -0.2) is 29.6 Å².